The zero-order chi connectivity index (χ0) is 23.0. The Hall–Kier alpha value is -3.57. The van der Waals surface area contributed by atoms with E-state index in [4.69, 9.17) is 4.42 Å². The van der Waals surface area contributed by atoms with E-state index in [-0.39, 0.29) is 30.2 Å². The zero-order valence-corrected chi connectivity index (χ0v) is 17.6. The second-order valence-corrected chi connectivity index (χ2v) is 7.87. The number of furan rings is 1. The summed E-state index contributed by atoms with van der Waals surface area (Å²) in [6.07, 6.45) is -1.22. The average Bonchev–Trinajstić information content (AvgIpc) is 3.36. The number of amides is 1. The molecule has 0 bridgehead atoms. The molecule has 1 aliphatic rings. The van der Waals surface area contributed by atoms with Crippen LogP contribution in [0.25, 0.3) is 0 Å². The van der Waals surface area contributed by atoms with Gasteiger partial charge in [0.25, 0.3) is 0 Å². The summed E-state index contributed by atoms with van der Waals surface area (Å²) >= 11 is 0. The van der Waals surface area contributed by atoms with Crippen molar-refractivity contribution in [3.63, 3.8) is 0 Å². The molecule has 0 radical (unpaired) electrons. The number of hydrogen-bond donors (Lipinski definition) is 3. The fourth-order valence-corrected chi connectivity index (χ4v) is 3.33. The molecule has 4 rings (SSSR count). The van der Waals surface area contributed by atoms with Crippen molar-refractivity contribution in [3.05, 3.63) is 47.3 Å². The van der Waals surface area contributed by atoms with E-state index in [9.17, 15) is 18.0 Å². The van der Waals surface area contributed by atoms with Gasteiger partial charge in [0.15, 0.2) is 5.82 Å². The Balaban J connectivity index is 1.41. The van der Waals surface area contributed by atoms with Crippen molar-refractivity contribution in [1.29, 1.82) is 0 Å². The van der Waals surface area contributed by atoms with Gasteiger partial charge in [-0.25, -0.2) is 4.98 Å². The normalized spacial score (nSPS) is 16.0. The number of hydrogen-bond acceptors (Lipinski definition) is 7. The lowest BCUT2D eigenvalue weighted by molar-refractivity contribution is -0.153. The van der Waals surface area contributed by atoms with Crippen LogP contribution in [0.4, 0.5) is 30.6 Å². The Morgan fingerprint density at radius 2 is 2.06 bits per heavy atom. The van der Waals surface area contributed by atoms with Crippen LogP contribution < -0.4 is 16.0 Å². The van der Waals surface area contributed by atoms with Gasteiger partial charge in [0.2, 0.25) is 17.6 Å². The Kier molecular flexibility index (Phi) is 5.53. The first-order valence-electron chi connectivity index (χ1n) is 9.97. The van der Waals surface area contributed by atoms with Crippen LogP contribution in [0.3, 0.4) is 0 Å². The molecule has 12 heteroatoms. The van der Waals surface area contributed by atoms with E-state index < -0.39 is 11.9 Å². The van der Waals surface area contributed by atoms with Crippen molar-refractivity contribution in [3.8, 4) is 0 Å². The Morgan fingerprint density at radius 3 is 2.75 bits per heavy atom. The van der Waals surface area contributed by atoms with Crippen LogP contribution in [0, 0.1) is 12.8 Å². The molecule has 3 N–H and O–H groups in total. The van der Waals surface area contributed by atoms with Gasteiger partial charge in [-0.15, -0.1) is 0 Å². The minimum absolute atomic E-state index is 0.0741. The molecule has 1 amide bonds. The third-order valence-corrected chi connectivity index (χ3v) is 4.98. The van der Waals surface area contributed by atoms with Gasteiger partial charge in [-0.05, 0) is 25.0 Å². The maximum atomic E-state index is 12.7. The second-order valence-electron chi connectivity index (χ2n) is 7.87. The van der Waals surface area contributed by atoms with Gasteiger partial charge in [0.05, 0.1) is 18.4 Å². The van der Waals surface area contributed by atoms with E-state index in [1.165, 1.54) is 10.7 Å². The molecule has 1 atom stereocenters. The van der Waals surface area contributed by atoms with E-state index >= 15 is 0 Å². The zero-order valence-electron chi connectivity index (χ0n) is 17.6. The quantitative estimate of drug-likeness (QED) is 0.527. The monoisotopic (exact) mass is 449 g/mol. The molecular weight excluding hydrogens is 427 g/mol. The average molecular weight is 449 g/mol. The van der Waals surface area contributed by atoms with Gasteiger partial charge in [0.1, 0.15) is 17.5 Å². The number of aryl methyl sites for hydroxylation is 1. The first kappa shape index (κ1) is 21.7. The van der Waals surface area contributed by atoms with Crippen LogP contribution in [0.5, 0.6) is 0 Å². The molecule has 170 valence electrons. The highest BCUT2D eigenvalue weighted by atomic mass is 19.4. The third kappa shape index (κ3) is 4.53. The summed E-state index contributed by atoms with van der Waals surface area (Å²) in [4.78, 5) is 21.1. The van der Waals surface area contributed by atoms with Gasteiger partial charge in [-0.2, -0.15) is 23.3 Å². The van der Waals surface area contributed by atoms with Gasteiger partial charge in [-0.3, -0.25) is 9.48 Å². The summed E-state index contributed by atoms with van der Waals surface area (Å²) in [5.74, 6) is 0.00829. The van der Waals surface area contributed by atoms with Crippen LogP contribution >= 0.6 is 0 Å². The number of nitrogens with zero attached hydrogens (tertiary/aromatic N) is 4. The molecule has 0 fully saturated rings. The lowest BCUT2D eigenvalue weighted by Gasteiger charge is -2.29. The first-order chi connectivity index (χ1) is 15.1. The van der Waals surface area contributed by atoms with Crippen molar-refractivity contribution in [2.24, 2.45) is 5.92 Å². The van der Waals surface area contributed by atoms with E-state index in [1.807, 2.05) is 13.8 Å². The number of aromatic nitrogens is 4. The summed E-state index contributed by atoms with van der Waals surface area (Å²) in [6.45, 7) is 6.09. The summed E-state index contributed by atoms with van der Waals surface area (Å²) in [6, 6.07) is 1.79. The standard InChI is InChI=1S/C20H22F3N7O2/c1-10(2)15-18(31)28-16-11(3)26-19(29-17(16)27-15)24-6-12-7-25-30(8-12)9-13-4-5-14(32-13)20(21,22)23/h4-5,7-8,10,15H,6,9H2,1-3H3,(H,28,31)(H2,24,26,27,29)/t15-/m0/s1. The Labute approximate surface area is 181 Å². The van der Waals surface area contributed by atoms with Gasteiger partial charge in [0, 0.05) is 18.3 Å². The molecule has 0 unspecified atom stereocenters. The van der Waals surface area contributed by atoms with Gasteiger partial charge < -0.3 is 20.4 Å². The number of halogens is 3. The van der Waals surface area contributed by atoms with E-state index in [0.29, 0.717) is 29.7 Å². The SMILES string of the molecule is Cc1nc(NCc2cnn(Cc3ccc(C(F)(F)F)o3)c2)nc2c1NC(=O)[C@H](C(C)C)N2. The topological polar surface area (TPSA) is 110 Å². The molecule has 0 saturated carbocycles. The fourth-order valence-electron chi connectivity index (χ4n) is 3.33. The minimum atomic E-state index is -4.52. The van der Waals surface area contributed by atoms with E-state index in [0.717, 1.165) is 11.6 Å². The number of nitrogens with one attached hydrogen (secondary N) is 3. The molecule has 9 nitrogen and oxygen atoms in total. The lowest BCUT2D eigenvalue weighted by Crippen LogP contribution is -2.43. The summed E-state index contributed by atoms with van der Waals surface area (Å²) in [7, 11) is 0. The second kappa shape index (κ2) is 8.17. The van der Waals surface area contributed by atoms with Crippen LogP contribution in [-0.2, 0) is 24.1 Å². The largest absolute Gasteiger partial charge is 0.455 e. The number of carbonyl (C=O) groups is 1. The van der Waals surface area contributed by atoms with Crippen molar-refractivity contribution < 1.29 is 22.4 Å². The molecule has 32 heavy (non-hydrogen) atoms. The van der Waals surface area contributed by atoms with Gasteiger partial charge in [-0.1, -0.05) is 13.8 Å². The van der Waals surface area contributed by atoms with Crippen LogP contribution in [-0.4, -0.2) is 31.7 Å². The maximum absolute atomic E-state index is 12.7. The van der Waals surface area contributed by atoms with Crippen molar-refractivity contribution in [2.45, 2.75) is 46.1 Å². The molecule has 3 aromatic rings. The van der Waals surface area contributed by atoms with Crippen molar-refractivity contribution in [1.82, 2.24) is 19.7 Å². The van der Waals surface area contributed by atoms with E-state index in [1.54, 1.807) is 19.3 Å². The maximum Gasteiger partial charge on any atom is 0.449 e. The molecule has 1 aliphatic heterocycles. The molecule has 0 aliphatic carbocycles. The highest BCUT2D eigenvalue weighted by Crippen LogP contribution is 2.31. The summed E-state index contributed by atoms with van der Waals surface area (Å²) in [5.41, 5.74) is 1.96. The molecule has 4 heterocycles. The number of rotatable bonds is 6. The smallest absolute Gasteiger partial charge is 0.449 e. The molecule has 3 aromatic heterocycles. The predicted molar refractivity (Wildman–Crippen MR) is 110 cm³/mol. The van der Waals surface area contributed by atoms with Crippen LogP contribution in [0.2, 0.25) is 0 Å². The predicted octanol–water partition coefficient (Wildman–Crippen LogP) is 3.64. The van der Waals surface area contributed by atoms with Crippen LogP contribution in [0.1, 0.15) is 36.6 Å². The molecular formula is C20H22F3N7O2. The van der Waals surface area contributed by atoms with Crippen LogP contribution in [0.15, 0.2) is 28.9 Å². The minimum Gasteiger partial charge on any atom is -0.455 e. The number of fused-ring (bicyclic) bond motifs is 1. The van der Waals surface area contributed by atoms with Gasteiger partial charge >= 0.3 is 6.18 Å². The number of alkyl halides is 3. The molecule has 0 saturated heterocycles. The Bertz CT molecular complexity index is 1140. The highest BCUT2D eigenvalue weighted by molar-refractivity contribution is 6.03. The third-order valence-electron chi connectivity index (χ3n) is 4.98. The Morgan fingerprint density at radius 1 is 1.28 bits per heavy atom. The molecule has 0 aromatic carbocycles. The van der Waals surface area contributed by atoms with E-state index in [2.05, 4.69) is 31.0 Å². The highest BCUT2D eigenvalue weighted by Gasteiger charge is 2.34. The first-order valence-corrected chi connectivity index (χ1v) is 9.97. The number of carbonyl (C=O) groups excluding carboxylic acids is 1. The molecule has 0 spiro atoms. The summed E-state index contributed by atoms with van der Waals surface area (Å²) < 4.78 is 44.3. The summed E-state index contributed by atoms with van der Waals surface area (Å²) in [5, 5.41) is 13.3. The lowest BCUT2D eigenvalue weighted by atomic mass is 10.0. The van der Waals surface area contributed by atoms with Crippen molar-refractivity contribution in [2.75, 3.05) is 16.0 Å². The number of anilines is 3. The van der Waals surface area contributed by atoms with Crippen molar-refractivity contribution >= 4 is 23.4 Å². The fraction of sp³-hybridized carbons (Fsp3) is 0.400.